The van der Waals surface area contributed by atoms with Crippen molar-refractivity contribution in [1.29, 1.82) is 0 Å². The highest BCUT2D eigenvalue weighted by Gasteiger charge is 2.24. The molecule has 0 aliphatic heterocycles. The van der Waals surface area contributed by atoms with Gasteiger partial charge in [-0.25, -0.2) is 18.1 Å². The van der Waals surface area contributed by atoms with Crippen LogP contribution in [0.25, 0.3) is 0 Å². The maximum absolute atomic E-state index is 12.5. The van der Waals surface area contributed by atoms with Crippen LogP contribution in [0, 0.1) is 5.92 Å². The molecule has 5 nitrogen and oxygen atoms in total. The quantitative estimate of drug-likeness (QED) is 0.857. The molecule has 0 bridgehead atoms. The standard InChI is InChI=1S/C14H19N3O2S2/c1-10(2)14(12-5-4-8-20-12)17-21(18,19)11-6-7-16-13(9-11)15-3/h4-10,14,17H,1-3H3,(H,15,16). The van der Waals surface area contributed by atoms with Crippen LogP contribution in [0.15, 0.2) is 40.7 Å². The summed E-state index contributed by atoms with van der Waals surface area (Å²) in [7, 11) is -1.88. The number of hydrogen-bond donors (Lipinski definition) is 2. The first-order valence-electron chi connectivity index (χ1n) is 6.63. The summed E-state index contributed by atoms with van der Waals surface area (Å²) >= 11 is 1.55. The number of aromatic nitrogens is 1. The Morgan fingerprint density at radius 3 is 2.62 bits per heavy atom. The molecule has 0 radical (unpaired) electrons. The van der Waals surface area contributed by atoms with Gasteiger partial charge in [0.05, 0.1) is 10.9 Å². The maximum atomic E-state index is 12.5. The number of nitrogens with one attached hydrogen (secondary N) is 2. The number of nitrogens with zero attached hydrogens (tertiary/aromatic N) is 1. The van der Waals surface area contributed by atoms with E-state index in [1.165, 1.54) is 18.3 Å². The molecule has 2 aromatic heterocycles. The van der Waals surface area contributed by atoms with E-state index in [1.54, 1.807) is 18.4 Å². The van der Waals surface area contributed by atoms with Gasteiger partial charge >= 0.3 is 0 Å². The molecule has 2 rings (SSSR count). The molecule has 2 heterocycles. The molecule has 0 aromatic carbocycles. The molecular weight excluding hydrogens is 306 g/mol. The first kappa shape index (κ1) is 15.9. The first-order chi connectivity index (χ1) is 9.94. The highest BCUT2D eigenvalue weighted by molar-refractivity contribution is 7.89. The van der Waals surface area contributed by atoms with Gasteiger partial charge in [-0.3, -0.25) is 0 Å². The zero-order chi connectivity index (χ0) is 15.5. The molecule has 7 heteroatoms. The highest BCUT2D eigenvalue weighted by Crippen LogP contribution is 2.27. The molecular formula is C14H19N3O2S2. The maximum Gasteiger partial charge on any atom is 0.241 e. The van der Waals surface area contributed by atoms with Crippen LogP contribution in [-0.4, -0.2) is 20.4 Å². The monoisotopic (exact) mass is 325 g/mol. The zero-order valence-electron chi connectivity index (χ0n) is 12.2. The fraction of sp³-hybridized carbons (Fsp3) is 0.357. The molecule has 0 amide bonds. The Labute approximate surface area is 129 Å². The predicted molar refractivity (Wildman–Crippen MR) is 86.0 cm³/mol. The van der Waals surface area contributed by atoms with Crippen LogP contribution in [0.1, 0.15) is 24.8 Å². The third kappa shape index (κ3) is 3.81. The van der Waals surface area contributed by atoms with E-state index in [1.807, 2.05) is 31.4 Å². The van der Waals surface area contributed by atoms with Gasteiger partial charge in [-0.15, -0.1) is 11.3 Å². The third-order valence-electron chi connectivity index (χ3n) is 3.10. The number of hydrogen-bond acceptors (Lipinski definition) is 5. The predicted octanol–water partition coefficient (Wildman–Crippen LogP) is 2.86. The van der Waals surface area contributed by atoms with Crippen LogP contribution in [-0.2, 0) is 10.0 Å². The fourth-order valence-electron chi connectivity index (χ4n) is 1.94. The largest absolute Gasteiger partial charge is 0.373 e. The molecule has 21 heavy (non-hydrogen) atoms. The van der Waals surface area contributed by atoms with Crippen molar-refractivity contribution >= 4 is 27.2 Å². The van der Waals surface area contributed by atoms with Crippen molar-refractivity contribution in [3.63, 3.8) is 0 Å². The Kier molecular flexibility index (Phi) is 4.97. The van der Waals surface area contributed by atoms with Crippen LogP contribution < -0.4 is 10.0 Å². The summed E-state index contributed by atoms with van der Waals surface area (Å²) in [6.07, 6.45) is 1.48. The molecule has 0 saturated carbocycles. The van der Waals surface area contributed by atoms with Crippen LogP contribution in [0.5, 0.6) is 0 Å². The summed E-state index contributed by atoms with van der Waals surface area (Å²) in [5, 5.41) is 4.79. The van der Waals surface area contributed by atoms with Gasteiger partial charge in [-0.2, -0.15) is 0 Å². The minimum atomic E-state index is -3.59. The topological polar surface area (TPSA) is 71.1 Å². The molecule has 1 atom stereocenters. The zero-order valence-corrected chi connectivity index (χ0v) is 13.8. The number of anilines is 1. The lowest BCUT2D eigenvalue weighted by Gasteiger charge is -2.21. The average Bonchev–Trinajstić information content (AvgIpc) is 2.98. The SMILES string of the molecule is CNc1cc(S(=O)(=O)NC(c2cccs2)C(C)C)ccn1. The third-order valence-corrected chi connectivity index (χ3v) is 5.49. The van der Waals surface area contributed by atoms with Gasteiger partial charge in [0.15, 0.2) is 0 Å². The van der Waals surface area contributed by atoms with E-state index in [9.17, 15) is 8.42 Å². The fourth-order valence-corrected chi connectivity index (χ4v) is 4.34. The second kappa shape index (κ2) is 6.55. The van der Waals surface area contributed by atoms with Crippen LogP contribution >= 0.6 is 11.3 Å². The van der Waals surface area contributed by atoms with E-state index in [0.29, 0.717) is 5.82 Å². The second-order valence-corrected chi connectivity index (χ2v) is 7.68. The Balaban J connectivity index is 2.30. The van der Waals surface area contributed by atoms with Crippen LogP contribution in [0.2, 0.25) is 0 Å². The van der Waals surface area contributed by atoms with E-state index in [0.717, 1.165) is 4.88 Å². The van der Waals surface area contributed by atoms with E-state index in [2.05, 4.69) is 15.0 Å². The molecule has 0 fully saturated rings. The summed E-state index contributed by atoms with van der Waals surface area (Å²) in [5.74, 6) is 0.680. The summed E-state index contributed by atoms with van der Waals surface area (Å²) in [6.45, 7) is 4.00. The van der Waals surface area contributed by atoms with Gasteiger partial charge in [-0.1, -0.05) is 19.9 Å². The van der Waals surface area contributed by atoms with Gasteiger partial charge < -0.3 is 5.32 Å². The Bertz CT molecular complexity index is 682. The van der Waals surface area contributed by atoms with E-state index in [4.69, 9.17) is 0 Å². The number of thiophene rings is 1. The average molecular weight is 325 g/mol. The number of sulfonamides is 1. The van der Waals surface area contributed by atoms with Crippen molar-refractivity contribution in [2.75, 3.05) is 12.4 Å². The molecule has 2 aromatic rings. The van der Waals surface area contributed by atoms with E-state index >= 15 is 0 Å². The number of rotatable bonds is 6. The van der Waals surface area contributed by atoms with Crippen LogP contribution in [0.3, 0.4) is 0 Å². The van der Waals surface area contributed by atoms with Gasteiger partial charge in [0, 0.05) is 24.2 Å². The lowest BCUT2D eigenvalue weighted by atomic mass is 10.0. The van der Waals surface area contributed by atoms with Crippen molar-refractivity contribution in [2.45, 2.75) is 24.8 Å². The van der Waals surface area contributed by atoms with Gasteiger partial charge in [0.25, 0.3) is 0 Å². The van der Waals surface area contributed by atoms with Gasteiger partial charge in [0.2, 0.25) is 10.0 Å². The molecule has 0 aliphatic carbocycles. The molecule has 0 saturated heterocycles. The normalized spacial score (nSPS) is 13.3. The van der Waals surface area contributed by atoms with Crippen molar-refractivity contribution in [1.82, 2.24) is 9.71 Å². The molecule has 2 N–H and O–H groups in total. The lowest BCUT2D eigenvalue weighted by molar-refractivity contribution is 0.469. The summed E-state index contributed by atoms with van der Waals surface area (Å²) in [5.41, 5.74) is 0. The summed E-state index contributed by atoms with van der Waals surface area (Å²) in [6, 6.07) is 6.66. The van der Waals surface area contributed by atoms with Gasteiger partial charge in [0.1, 0.15) is 5.82 Å². The minimum absolute atomic E-state index is 0.157. The summed E-state index contributed by atoms with van der Waals surface area (Å²) < 4.78 is 27.9. The Morgan fingerprint density at radius 2 is 2.05 bits per heavy atom. The first-order valence-corrected chi connectivity index (χ1v) is 9.00. The van der Waals surface area contributed by atoms with Crippen molar-refractivity contribution in [3.05, 3.63) is 40.7 Å². The van der Waals surface area contributed by atoms with Crippen LogP contribution in [0.4, 0.5) is 5.82 Å². The van der Waals surface area contributed by atoms with Crippen molar-refractivity contribution in [2.24, 2.45) is 5.92 Å². The molecule has 0 spiro atoms. The molecule has 0 aliphatic rings. The second-order valence-electron chi connectivity index (χ2n) is 4.99. The smallest absolute Gasteiger partial charge is 0.241 e. The van der Waals surface area contributed by atoms with Crippen molar-refractivity contribution in [3.8, 4) is 0 Å². The van der Waals surface area contributed by atoms with E-state index in [-0.39, 0.29) is 16.9 Å². The summed E-state index contributed by atoms with van der Waals surface area (Å²) in [4.78, 5) is 5.26. The minimum Gasteiger partial charge on any atom is -0.373 e. The molecule has 114 valence electrons. The van der Waals surface area contributed by atoms with E-state index < -0.39 is 10.0 Å². The van der Waals surface area contributed by atoms with Crippen molar-refractivity contribution < 1.29 is 8.42 Å². The molecule has 1 unspecified atom stereocenters. The van der Waals surface area contributed by atoms with Gasteiger partial charge in [-0.05, 0) is 23.4 Å². The number of pyridine rings is 1. The highest BCUT2D eigenvalue weighted by atomic mass is 32.2. The lowest BCUT2D eigenvalue weighted by Crippen LogP contribution is -2.31. The Hall–Kier alpha value is -1.44. The Morgan fingerprint density at radius 1 is 1.29 bits per heavy atom.